The molecule has 2 aliphatic carbocycles. The number of nitrogens with zero attached hydrogens (tertiary/aromatic N) is 10. The molecule has 0 radical (unpaired) electrons. The molecule has 4 aliphatic rings. The number of azide groups is 1. The molecule has 4 aromatic heterocycles. The number of nitrogen functional groups attached to an aromatic ring is 1. The number of nitrogens with one attached hydrogen (secondary N) is 3. The van der Waals surface area contributed by atoms with Crippen LogP contribution in [-0.4, -0.2) is 162 Å². The van der Waals surface area contributed by atoms with Crippen LogP contribution in [0.4, 0.5) is 36.8 Å². The Morgan fingerprint density at radius 2 is 1.51 bits per heavy atom. The van der Waals surface area contributed by atoms with Crippen molar-refractivity contribution in [2.24, 2.45) is 11.0 Å². The second-order valence-electron chi connectivity index (χ2n) is 17.4. The minimum atomic E-state index is -0.975. The number of aromatic amines is 1. The molecule has 8 rings (SSSR count). The quantitative estimate of drug-likeness (QED) is 0.00831. The molecule has 6 heterocycles. The zero-order valence-corrected chi connectivity index (χ0v) is 46.1. The number of nitrogens with two attached hydrogens (primary N) is 1. The molecule has 0 spiro atoms. The first kappa shape index (κ1) is 58.7. The number of carbonyl (C=O) groups is 4. The zero-order valence-electron chi connectivity index (χ0n) is 42.0. The molecule has 7 atom stereocenters. The topological polar surface area (TPSA) is 384 Å². The van der Waals surface area contributed by atoms with Crippen LogP contribution >= 0.6 is 54.9 Å². The number of ether oxygens (including phenoxy) is 9. The Kier molecular flexibility index (Phi) is 21.6. The van der Waals surface area contributed by atoms with Gasteiger partial charge in [0.15, 0.2) is 17.0 Å². The number of rotatable bonds is 27. The number of aromatic nitrogens is 8. The van der Waals surface area contributed by atoms with E-state index in [1.54, 1.807) is 6.33 Å². The molecule has 30 nitrogen and oxygen atoms in total. The number of thioether (sulfide) groups is 1. The number of H-pyrrole nitrogens is 1. The Labute approximate surface area is 467 Å². The Bertz CT molecular complexity index is 3050. The Hall–Kier alpha value is -6.49. The van der Waals surface area contributed by atoms with Crippen molar-refractivity contribution in [3.8, 4) is 0 Å². The summed E-state index contributed by atoms with van der Waals surface area (Å²) in [6, 6.07) is 1.02. The molecular formula is C44H54N14O16S5. The van der Waals surface area contributed by atoms with Crippen LogP contribution in [0.3, 0.4) is 0 Å². The molecular weight excluding hydrogens is 1140 g/mol. The molecule has 79 heavy (non-hydrogen) atoms. The average Bonchev–Trinajstić information content (AvgIpc) is 4.03. The highest BCUT2D eigenvalue weighted by Crippen LogP contribution is 2.35. The van der Waals surface area contributed by atoms with E-state index in [1.165, 1.54) is 89.5 Å². The predicted octanol–water partition coefficient (Wildman–Crippen LogP) is 5.54. The van der Waals surface area contributed by atoms with E-state index in [0.717, 1.165) is 12.8 Å². The highest BCUT2D eigenvalue weighted by Gasteiger charge is 2.38. The van der Waals surface area contributed by atoms with Crippen LogP contribution in [0, 0.1) is 12.8 Å². The number of anilines is 3. The fraction of sp³-hybridized carbons (Fsp3) is 0.568. The first-order valence-electron chi connectivity index (χ1n) is 24.4. The van der Waals surface area contributed by atoms with Gasteiger partial charge in [0.2, 0.25) is 5.95 Å². The number of allylic oxidation sites excluding steroid dienone is 1. The van der Waals surface area contributed by atoms with Gasteiger partial charge in [-0.15, -0.1) is 11.8 Å². The van der Waals surface area contributed by atoms with Crippen LogP contribution in [0.15, 0.2) is 56.4 Å². The molecule has 1 saturated carbocycles. The van der Waals surface area contributed by atoms with Crippen LogP contribution < -0.4 is 33.3 Å². The monoisotopic (exact) mass is 1190 g/mol. The van der Waals surface area contributed by atoms with Crippen molar-refractivity contribution in [2.45, 2.75) is 74.7 Å². The maximum absolute atomic E-state index is 12.8. The third-order valence-corrected chi connectivity index (χ3v) is 17.4. The van der Waals surface area contributed by atoms with Gasteiger partial charge in [-0.3, -0.25) is 24.2 Å². The van der Waals surface area contributed by atoms with Gasteiger partial charge in [-0.25, -0.2) is 33.8 Å². The normalized spacial score (nSPS) is 21.3. The van der Waals surface area contributed by atoms with Gasteiger partial charge in [0.05, 0.1) is 18.4 Å². The number of aryl methyl sites for hydroxylation is 1. The summed E-state index contributed by atoms with van der Waals surface area (Å²) in [6.07, 6.45) is 5.60. The summed E-state index contributed by atoms with van der Waals surface area (Å²) in [7, 11) is 5.56. The average molecular weight is 1200 g/mol. The number of hydrogen-bond donors (Lipinski definition) is 4. The molecule has 0 bridgehead atoms. The van der Waals surface area contributed by atoms with E-state index in [2.05, 4.69) is 45.6 Å². The van der Waals surface area contributed by atoms with Gasteiger partial charge < -0.3 is 58.2 Å². The van der Waals surface area contributed by atoms with Crippen LogP contribution in [0.25, 0.3) is 21.6 Å². The van der Waals surface area contributed by atoms with E-state index in [1.807, 2.05) is 16.7 Å². The van der Waals surface area contributed by atoms with E-state index < -0.39 is 71.5 Å². The minimum absolute atomic E-state index is 0.00435. The Morgan fingerprint density at radius 3 is 2.18 bits per heavy atom. The van der Waals surface area contributed by atoms with Gasteiger partial charge in [0, 0.05) is 70.0 Å². The summed E-state index contributed by atoms with van der Waals surface area (Å²) in [5.41, 5.74) is 14.0. The molecule has 1 unspecified atom stereocenters. The fourth-order valence-electron chi connectivity index (χ4n) is 7.79. The smallest absolute Gasteiger partial charge is 0.448 e. The predicted molar refractivity (Wildman–Crippen MR) is 292 cm³/mol. The molecule has 5 N–H and O–H groups in total. The highest BCUT2D eigenvalue weighted by atomic mass is 33.1. The third-order valence-electron chi connectivity index (χ3n) is 11.7. The van der Waals surface area contributed by atoms with Crippen molar-refractivity contribution in [1.82, 2.24) is 38.6 Å². The number of hydrogen-bond acceptors (Lipinski definition) is 28. The van der Waals surface area contributed by atoms with Gasteiger partial charge >= 0.3 is 35.9 Å². The fourth-order valence-corrected chi connectivity index (χ4v) is 12.1. The van der Waals surface area contributed by atoms with Crippen molar-refractivity contribution < 1.29 is 61.8 Å². The SMILES string of the molecule is Cc1cn([C@H]2C[C@@H](N=[N+]=[N-])[C@@H](COC(=O)OCCSSCCOC(=O)OC[C@@H]3OC(n4ccc(NC(=O)OCCSSCCOC(=O)OC[C@@H]5C=C[C@H](n6cnc7c(NC8CC8)nc(N)nc76)C5)nc4=O)CS3)O2)c(=O)[nH]c1=O. The number of amides is 1. The lowest BCUT2D eigenvalue weighted by Crippen LogP contribution is -2.33. The zero-order chi connectivity index (χ0) is 55.7. The minimum Gasteiger partial charge on any atom is -0.448 e. The van der Waals surface area contributed by atoms with Crippen LogP contribution in [0.2, 0.25) is 0 Å². The van der Waals surface area contributed by atoms with Crippen molar-refractivity contribution in [3.63, 3.8) is 0 Å². The van der Waals surface area contributed by atoms with E-state index in [4.69, 9.17) is 53.9 Å². The molecule has 0 aromatic carbocycles. The molecule has 1 amide bonds. The lowest BCUT2D eigenvalue weighted by molar-refractivity contribution is -0.0415. The maximum Gasteiger partial charge on any atom is 0.508 e. The van der Waals surface area contributed by atoms with E-state index >= 15 is 0 Å². The van der Waals surface area contributed by atoms with Gasteiger partial charge in [0.25, 0.3) is 5.56 Å². The van der Waals surface area contributed by atoms with Crippen molar-refractivity contribution in [1.29, 1.82) is 0 Å². The molecule has 426 valence electrons. The summed E-state index contributed by atoms with van der Waals surface area (Å²) in [4.78, 5) is 108. The second kappa shape index (κ2) is 29.1. The van der Waals surface area contributed by atoms with Crippen molar-refractivity contribution in [2.75, 3.05) is 91.4 Å². The van der Waals surface area contributed by atoms with Crippen LogP contribution in [0.5, 0.6) is 0 Å². The first-order chi connectivity index (χ1) is 38.3. The summed E-state index contributed by atoms with van der Waals surface area (Å²) >= 11 is 1.32. The van der Waals surface area contributed by atoms with E-state index in [0.29, 0.717) is 58.2 Å². The first-order valence-corrected chi connectivity index (χ1v) is 30.5. The molecule has 3 fully saturated rings. The molecule has 35 heteroatoms. The molecule has 2 aliphatic heterocycles. The summed E-state index contributed by atoms with van der Waals surface area (Å²) < 4.78 is 52.3. The summed E-state index contributed by atoms with van der Waals surface area (Å²) in [5, 5.41) is 9.47. The van der Waals surface area contributed by atoms with Gasteiger partial charge in [-0.2, -0.15) is 15.0 Å². The highest BCUT2D eigenvalue weighted by molar-refractivity contribution is 8.77. The lowest BCUT2D eigenvalue weighted by Gasteiger charge is -2.16. The van der Waals surface area contributed by atoms with Gasteiger partial charge in [0.1, 0.15) is 76.1 Å². The van der Waals surface area contributed by atoms with Gasteiger partial charge in [-0.05, 0) is 37.8 Å². The van der Waals surface area contributed by atoms with Crippen LogP contribution in [-0.2, 0) is 42.6 Å². The number of fused-ring (bicyclic) bond motifs is 1. The Balaban J connectivity index is 0.600. The number of carbonyl (C=O) groups excluding carboxylic acids is 4. The lowest BCUT2D eigenvalue weighted by atomic mass is 10.1. The van der Waals surface area contributed by atoms with E-state index in [9.17, 15) is 33.6 Å². The molecule has 2 saturated heterocycles. The third kappa shape index (κ3) is 17.5. The standard InChI is InChI=1S/C44H54N14O16S5/c1-24-18-57(40(61)53-37(24)59)31-17-28(54-55-46)29(73-31)20-71-43(64)68-10-14-78-79-15-11-69-44(65)72-21-33-74-32(22-75-33)56-7-6-30(49-39(56)60)50-41(62)66-8-12-76-77-13-9-67-42(63)70-19-25-2-5-27(16-25)58-23-47-34-35(48-26-3-4-26)51-38(45)52-36(34)58/h2,5-7,18,23,25-29,31-33H,3-4,8-17,19-22H2,1H3,(H,53,59,61)(H3,45,48,51,52)(H,49,50,60,62)/t25-,27+,28-,29-,31-,32?,33-/m1/s1. The van der Waals surface area contributed by atoms with Crippen LogP contribution in [0.1, 0.15) is 49.7 Å². The molecule has 4 aromatic rings. The maximum atomic E-state index is 12.8. The largest absolute Gasteiger partial charge is 0.508 e. The number of imidazole rings is 1. The Morgan fingerprint density at radius 1 is 0.835 bits per heavy atom. The van der Waals surface area contributed by atoms with Crippen molar-refractivity contribution in [3.05, 3.63) is 84.3 Å². The van der Waals surface area contributed by atoms with E-state index in [-0.39, 0.29) is 82.0 Å². The second-order valence-corrected chi connectivity index (χ2v) is 24.0. The van der Waals surface area contributed by atoms with Gasteiger partial charge in [-0.1, -0.05) is 60.4 Å². The van der Waals surface area contributed by atoms with Crippen molar-refractivity contribution >= 4 is 108 Å². The summed E-state index contributed by atoms with van der Waals surface area (Å²) in [5.74, 6) is 2.83. The summed E-state index contributed by atoms with van der Waals surface area (Å²) in [6.45, 7) is 1.47.